The minimum Gasteiger partial charge on any atom is -0.406 e. The Kier molecular flexibility index (Phi) is 4.20. The van der Waals surface area contributed by atoms with Crippen molar-refractivity contribution in [1.29, 1.82) is 0 Å². The summed E-state index contributed by atoms with van der Waals surface area (Å²) in [6.07, 6.45) is -4.70. The van der Waals surface area contributed by atoms with Crippen LogP contribution in [-0.2, 0) is 6.54 Å². The second kappa shape index (κ2) is 5.73. The Hall–Kier alpha value is -1.72. The third kappa shape index (κ3) is 3.43. The lowest BCUT2D eigenvalue weighted by Gasteiger charge is -2.11. The molecular weight excluding hydrogens is 291 g/mol. The summed E-state index contributed by atoms with van der Waals surface area (Å²) in [6.45, 7) is 0.294. The lowest BCUT2D eigenvalue weighted by molar-refractivity contribution is -0.274. The van der Waals surface area contributed by atoms with E-state index in [0.717, 1.165) is 5.56 Å². The molecule has 2 rings (SSSR count). The molecule has 2 nitrogen and oxygen atoms in total. The minimum atomic E-state index is -4.70. The predicted octanol–water partition coefficient (Wildman–Crippen LogP) is 4.36. The van der Waals surface area contributed by atoms with Crippen LogP contribution in [0.25, 0.3) is 11.1 Å². The molecule has 20 heavy (non-hydrogen) atoms. The number of rotatable bonds is 3. The van der Waals surface area contributed by atoms with E-state index in [1.54, 1.807) is 18.2 Å². The van der Waals surface area contributed by atoms with Crippen molar-refractivity contribution in [2.75, 3.05) is 0 Å². The molecule has 0 saturated carbocycles. The van der Waals surface area contributed by atoms with Crippen LogP contribution in [0.4, 0.5) is 13.2 Å². The van der Waals surface area contributed by atoms with Crippen molar-refractivity contribution in [2.24, 2.45) is 5.73 Å². The smallest absolute Gasteiger partial charge is 0.406 e. The fourth-order valence-corrected chi connectivity index (χ4v) is 2.11. The molecule has 0 aromatic heterocycles. The summed E-state index contributed by atoms with van der Waals surface area (Å²) in [5.41, 5.74) is 7.75. The van der Waals surface area contributed by atoms with Gasteiger partial charge in [0.25, 0.3) is 0 Å². The summed E-state index contributed by atoms with van der Waals surface area (Å²) < 4.78 is 40.0. The first-order chi connectivity index (χ1) is 9.40. The van der Waals surface area contributed by atoms with E-state index >= 15 is 0 Å². The van der Waals surface area contributed by atoms with Gasteiger partial charge < -0.3 is 10.5 Å². The van der Waals surface area contributed by atoms with Crippen molar-refractivity contribution in [2.45, 2.75) is 12.9 Å². The number of hydrogen-bond acceptors (Lipinski definition) is 2. The van der Waals surface area contributed by atoms with E-state index in [9.17, 15) is 13.2 Å². The first-order valence-corrected chi connectivity index (χ1v) is 6.12. The van der Waals surface area contributed by atoms with Gasteiger partial charge >= 0.3 is 6.36 Å². The van der Waals surface area contributed by atoms with Gasteiger partial charge in [-0.05, 0) is 23.3 Å². The zero-order valence-electron chi connectivity index (χ0n) is 10.2. The molecule has 106 valence electrons. The van der Waals surface area contributed by atoms with Crippen molar-refractivity contribution < 1.29 is 17.9 Å². The quantitative estimate of drug-likeness (QED) is 0.914. The molecule has 2 N–H and O–H groups in total. The van der Waals surface area contributed by atoms with Gasteiger partial charge in [0.1, 0.15) is 5.75 Å². The van der Waals surface area contributed by atoms with Crippen molar-refractivity contribution >= 4 is 11.6 Å². The van der Waals surface area contributed by atoms with Crippen LogP contribution in [0.2, 0.25) is 5.02 Å². The molecule has 0 bridgehead atoms. The highest BCUT2D eigenvalue weighted by Gasteiger charge is 2.30. The number of ether oxygens (including phenoxy) is 1. The van der Waals surface area contributed by atoms with Crippen LogP contribution in [0, 0.1) is 0 Å². The number of halogens is 4. The molecule has 0 heterocycles. The monoisotopic (exact) mass is 301 g/mol. The standard InChI is InChI=1S/C14H11ClF3NO/c15-13-10(8-19)2-1-3-12(13)9-4-6-11(7-5-9)20-14(16,17)18/h1-7H,8,19H2. The first-order valence-electron chi connectivity index (χ1n) is 5.74. The van der Waals surface area contributed by atoms with Gasteiger partial charge in [-0.15, -0.1) is 13.2 Å². The first kappa shape index (κ1) is 14.7. The van der Waals surface area contributed by atoms with Crippen molar-refractivity contribution in [3.63, 3.8) is 0 Å². The summed E-state index contributed by atoms with van der Waals surface area (Å²) in [5.74, 6) is -0.271. The SMILES string of the molecule is NCc1cccc(-c2ccc(OC(F)(F)F)cc2)c1Cl. The van der Waals surface area contributed by atoms with Gasteiger partial charge in [0.15, 0.2) is 0 Å². The zero-order valence-corrected chi connectivity index (χ0v) is 11.0. The van der Waals surface area contributed by atoms with Crippen molar-refractivity contribution in [1.82, 2.24) is 0 Å². The van der Waals surface area contributed by atoms with Gasteiger partial charge in [-0.2, -0.15) is 0 Å². The van der Waals surface area contributed by atoms with Crippen LogP contribution in [0.15, 0.2) is 42.5 Å². The molecule has 0 spiro atoms. The molecular formula is C14H11ClF3NO. The molecule has 0 saturated heterocycles. The molecule has 0 atom stereocenters. The fourth-order valence-electron chi connectivity index (χ4n) is 1.80. The van der Waals surface area contributed by atoms with Gasteiger partial charge in [-0.1, -0.05) is 41.9 Å². The van der Waals surface area contributed by atoms with Gasteiger partial charge in [0.05, 0.1) is 5.02 Å². The summed E-state index contributed by atoms with van der Waals surface area (Å²) in [4.78, 5) is 0. The maximum atomic E-state index is 12.1. The molecule has 0 unspecified atom stereocenters. The average Bonchev–Trinajstić information content (AvgIpc) is 2.38. The summed E-state index contributed by atoms with van der Waals surface area (Å²) >= 11 is 6.20. The third-order valence-corrected chi connectivity index (χ3v) is 3.14. The predicted molar refractivity (Wildman–Crippen MR) is 71.5 cm³/mol. The van der Waals surface area contributed by atoms with E-state index in [-0.39, 0.29) is 5.75 Å². The third-order valence-electron chi connectivity index (χ3n) is 2.70. The second-order valence-electron chi connectivity index (χ2n) is 4.05. The summed E-state index contributed by atoms with van der Waals surface area (Å²) in [5, 5.41) is 0.500. The van der Waals surface area contributed by atoms with E-state index in [1.165, 1.54) is 24.3 Å². The maximum Gasteiger partial charge on any atom is 0.573 e. The van der Waals surface area contributed by atoms with Crippen LogP contribution in [-0.4, -0.2) is 6.36 Å². The molecule has 0 radical (unpaired) electrons. The van der Waals surface area contributed by atoms with E-state index in [2.05, 4.69) is 4.74 Å². The lowest BCUT2D eigenvalue weighted by atomic mass is 10.0. The molecule has 0 aliphatic carbocycles. The van der Waals surface area contributed by atoms with Crippen molar-refractivity contribution in [3.05, 3.63) is 53.1 Å². The van der Waals surface area contributed by atoms with Gasteiger partial charge in [0, 0.05) is 12.1 Å². The topological polar surface area (TPSA) is 35.2 Å². The van der Waals surface area contributed by atoms with Crippen molar-refractivity contribution in [3.8, 4) is 16.9 Å². The minimum absolute atomic E-state index is 0.271. The Morgan fingerprint density at radius 1 is 1.05 bits per heavy atom. The van der Waals surface area contributed by atoms with Crippen LogP contribution in [0.5, 0.6) is 5.75 Å². The summed E-state index contributed by atoms with van der Waals surface area (Å²) in [7, 11) is 0. The number of benzene rings is 2. The Balaban J connectivity index is 2.31. The Bertz CT molecular complexity index is 596. The van der Waals surface area contributed by atoms with Crippen LogP contribution < -0.4 is 10.5 Å². The van der Waals surface area contributed by atoms with Crippen LogP contribution in [0.3, 0.4) is 0 Å². The number of hydrogen-bond donors (Lipinski definition) is 1. The molecule has 2 aromatic rings. The van der Waals surface area contributed by atoms with Crippen LogP contribution >= 0.6 is 11.6 Å². The number of nitrogens with two attached hydrogens (primary N) is 1. The average molecular weight is 302 g/mol. The maximum absolute atomic E-state index is 12.1. The van der Waals surface area contributed by atoms with E-state index < -0.39 is 6.36 Å². The van der Waals surface area contributed by atoms with Crippen LogP contribution in [0.1, 0.15) is 5.56 Å². The van der Waals surface area contributed by atoms with E-state index in [4.69, 9.17) is 17.3 Å². The fraction of sp³-hybridized carbons (Fsp3) is 0.143. The Morgan fingerprint density at radius 2 is 1.70 bits per heavy atom. The van der Waals surface area contributed by atoms with E-state index in [0.29, 0.717) is 22.7 Å². The highest BCUT2D eigenvalue weighted by Crippen LogP contribution is 2.32. The number of alkyl halides is 3. The molecule has 0 aliphatic heterocycles. The highest BCUT2D eigenvalue weighted by atomic mass is 35.5. The van der Waals surface area contributed by atoms with E-state index in [1.807, 2.05) is 0 Å². The Labute approximate surface area is 118 Å². The molecule has 0 fully saturated rings. The molecule has 0 amide bonds. The molecule has 6 heteroatoms. The lowest BCUT2D eigenvalue weighted by Crippen LogP contribution is -2.16. The highest BCUT2D eigenvalue weighted by molar-refractivity contribution is 6.34. The zero-order chi connectivity index (χ0) is 14.8. The van der Waals surface area contributed by atoms with Gasteiger partial charge in [0.2, 0.25) is 0 Å². The summed E-state index contributed by atoms with van der Waals surface area (Å²) in [6, 6.07) is 10.9. The van der Waals surface area contributed by atoms with Gasteiger partial charge in [-0.3, -0.25) is 0 Å². The second-order valence-corrected chi connectivity index (χ2v) is 4.43. The molecule has 2 aromatic carbocycles. The normalized spacial score (nSPS) is 11.4. The largest absolute Gasteiger partial charge is 0.573 e. The Morgan fingerprint density at radius 3 is 2.25 bits per heavy atom. The van der Waals surface area contributed by atoms with Gasteiger partial charge in [-0.25, -0.2) is 0 Å². The molecule has 0 aliphatic rings.